The first kappa shape index (κ1) is 17.6. The first-order valence-electron chi connectivity index (χ1n) is 7.23. The van der Waals surface area contributed by atoms with E-state index in [1.807, 2.05) is 0 Å². The average molecular weight is 369 g/mol. The number of halogens is 4. The number of hydrogen-bond acceptors (Lipinski definition) is 4. The van der Waals surface area contributed by atoms with Crippen molar-refractivity contribution in [2.24, 2.45) is 7.05 Å². The van der Waals surface area contributed by atoms with E-state index in [0.717, 1.165) is 23.7 Å². The molecule has 0 N–H and O–H groups in total. The molecule has 0 aliphatic heterocycles. The van der Waals surface area contributed by atoms with Crippen LogP contribution in [0.15, 0.2) is 44.9 Å². The Morgan fingerprint density at radius 2 is 1.96 bits per heavy atom. The van der Waals surface area contributed by atoms with Gasteiger partial charge in [-0.25, -0.2) is 9.18 Å². The van der Waals surface area contributed by atoms with Gasteiger partial charge >= 0.3 is 11.9 Å². The molecule has 0 spiro atoms. The van der Waals surface area contributed by atoms with Crippen molar-refractivity contribution in [3.05, 3.63) is 63.1 Å². The van der Waals surface area contributed by atoms with E-state index in [4.69, 9.17) is 4.42 Å². The van der Waals surface area contributed by atoms with Crippen LogP contribution >= 0.6 is 0 Å². The Labute approximate surface area is 142 Å². The highest BCUT2D eigenvalue weighted by Gasteiger charge is 2.34. The molecule has 0 saturated heterocycles. The fraction of sp³-hybridized carbons (Fsp3) is 0.188. The standard InChI is InChI=1S/C16H11F4N3O3/c1-3-4-23-10-5-8(9(17)6-12(10)26-15(23)25)14-11(24)7-13(16(18,19)20)22(2)21-14/h3,5-7H,1,4H2,2H3. The second kappa shape index (κ2) is 5.97. The van der Waals surface area contributed by atoms with Gasteiger partial charge in [0.15, 0.2) is 5.58 Å². The molecule has 26 heavy (non-hydrogen) atoms. The minimum Gasteiger partial charge on any atom is -0.408 e. The molecule has 0 aliphatic carbocycles. The van der Waals surface area contributed by atoms with Crippen molar-refractivity contribution < 1.29 is 22.0 Å². The van der Waals surface area contributed by atoms with Crippen molar-refractivity contribution >= 4 is 11.1 Å². The molecule has 136 valence electrons. The summed E-state index contributed by atoms with van der Waals surface area (Å²) in [6.07, 6.45) is -3.37. The Morgan fingerprint density at radius 1 is 1.27 bits per heavy atom. The molecule has 0 bridgehead atoms. The molecule has 0 unspecified atom stereocenters. The van der Waals surface area contributed by atoms with Gasteiger partial charge in [-0.3, -0.25) is 14.0 Å². The molecule has 0 aliphatic rings. The van der Waals surface area contributed by atoms with E-state index in [9.17, 15) is 27.2 Å². The lowest BCUT2D eigenvalue weighted by molar-refractivity contribution is -0.144. The SMILES string of the molecule is C=CCn1c(=O)oc2cc(F)c(-c3nn(C)c(C(F)(F)F)cc3=O)cc21. The molecule has 6 nitrogen and oxygen atoms in total. The minimum atomic E-state index is -4.78. The van der Waals surface area contributed by atoms with Crippen LogP contribution in [0.1, 0.15) is 5.69 Å². The Bertz CT molecular complexity index is 1140. The number of fused-ring (bicyclic) bond motifs is 1. The molecule has 0 atom stereocenters. The van der Waals surface area contributed by atoms with Gasteiger partial charge in [0.1, 0.15) is 17.2 Å². The smallest absolute Gasteiger partial charge is 0.408 e. The van der Waals surface area contributed by atoms with Gasteiger partial charge in [0.05, 0.1) is 5.52 Å². The summed E-state index contributed by atoms with van der Waals surface area (Å²) in [6, 6.07) is 2.36. The van der Waals surface area contributed by atoms with E-state index >= 15 is 0 Å². The van der Waals surface area contributed by atoms with Crippen LogP contribution in [-0.2, 0) is 19.8 Å². The van der Waals surface area contributed by atoms with Crippen LogP contribution in [0.3, 0.4) is 0 Å². The number of aryl methyl sites for hydroxylation is 1. The van der Waals surface area contributed by atoms with Crippen LogP contribution in [-0.4, -0.2) is 14.3 Å². The zero-order valence-corrected chi connectivity index (χ0v) is 13.3. The summed E-state index contributed by atoms with van der Waals surface area (Å²) in [7, 11) is 0.994. The normalized spacial score (nSPS) is 11.9. The highest BCUT2D eigenvalue weighted by Crippen LogP contribution is 2.29. The van der Waals surface area contributed by atoms with Gasteiger partial charge in [-0.15, -0.1) is 6.58 Å². The number of oxazole rings is 1. The molecule has 0 fully saturated rings. The van der Waals surface area contributed by atoms with Crippen molar-refractivity contribution in [1.82, 2.24) is 14.3 Å². The first-order valence-corrected chi connectivity index (χ1v) is 7.23. The van der Waals surface area contributed by atoms with Gasteiger partial charge in [0.2, 0.25) is 5.43 Å². The van der Waals surface area contributed by atoms with E-state index < -0.39 is 34.6 Å². The quantitative estimate of drug-likeness (QED) is 0.526. The van der Waals surface area contributed by atoms with E-state index in [0.29, 0.717) is 10.7 Å². The number of allylic oxidation sites excluding steroid dienone is 1. The molecular formula is C16H11F4N3O3. The summed E-state index contributed by atoms with van der Waals surface area (Å²) in [5, 5.41) is 3.57. The second-order valence-electron chi connectivity index (χ2n) is 5.43. The topological polar surface area (TPSA) is 70.0 Å². The number of rotatable bonds is 3. The lowest BCUT2D eigenvalue weighted by Gasteiger charge is -2.12. The largest absolute Gasteiger partial charge is 0.433 e. The first-order chi connectivity index (χ1) is 12.1. The van der Waals surface area contributed by atoms with Crippen LogP contribution < -0.4 is 11.2 Å². The summed E-state index contributed by atoms with van der Waals surface area (Å²) >= 11 is 0. The molecule has 0 radical (unpaired) electrons. The van der Waals surface area contributed by atoms with Crippen molar-refractivity contribution in [3.8, 4) is 11.3 Å². The number of alkyl halides is 3. The number of benzene rings is 1. The molecule has 10 heteroatoms. The highest BCUT2D eigenvalue weighted by molar-refractivity contribution is 5.80. The van der Waals surface area contributed by atoms with Crippen LogP contribution in [0.5, 0.6) is 0 Å². The fourth-order valence-electron chi connectivity index (χ4n) is 2.56. The summed E-state index contributed by atoms with van der Waals surface area (Å²) in [4.78, 5) is 23.9. The van der Waals surface area contributed by atoms with Gasteiger partial charge in [-0.2, -0.15) is 18.3 Å². The molecule has 3 aromatic rings. The lowest BCUT2D eigenvalue weighted by atomic mass is 10.1. The van der Waals surface area contributed by atoms with Crippen molar-refractivity contribution in [1.29, 1.82) is 0 Å². The summed E-state index contributed by atoms with van der Waals surface area (Å²) in [6.45, 7) is 3.56. The van der Waals surface area contributed by atoms with Crippen LogP contribution in [0.4, 0.5) is 17.6 Å². The second-order valence-corrected chi connectivity index (χ2v) is 5.43. The van der Waals surface area contributed by atoms with Gasteiger partial charge < -0.3 is 4.42 Å². The number of hydrogen-bond donors (Lipinski definition) is 0. The maximum Gasteiger partial charge on any atom is 0.433 e. The maximum atomic E-state index is 14.4. The summed E-state index contributed by atoms with van der Waals surface area (Å²) < 4.78 is 59.4. The van der Waals surface area contributed by atoms with Crippen LogP contribution in [0, 0.1) is 5.82 Å². The predicted molar refractivity (Wildman–Crippen MR) is 84.1 cm³/mol. The minimum absolute atomic E-state index is 0.0648. The van der Waals surface area contributed by atoms with Crippen molar-refractivity contribution in [2.75, 3.05) is 0 Å². The summed E-state index contributed by atoms with van der Waals surface area (Å²) in [5.41, 5.74) is -3.13. The molecular weight excluding hydrogens is 358 g/mol. The van der Waals surface area contributed by atoms with E-state index in [1.54, 1.807) is 0 Å². The summed E-state index contributed by atoms with van der Waals surface area (Å²) in [5.74, 6) is -1.72. The molecule has 3 rings (SSSR count). The molecule has 1 aromatic carbocycles. The molecule has 0 saturated carbocycles. The highest BCUT2D eigenvalue weighted by atomic mass is 19.4. The van der Waals surface area contributed by atoms with Gasteiger partial charge in [-0.05, 0) is 6.07 Å². The van der Waals surface area contributed by atoms with Crippen LogP contribution in [0.2, 0.25) is 0 Å². The van der Waals surface area contributed by atoms with E-state index in [-0.39, 0.29) is 23.2 Å². The van der Waals surface area contributed by atoms with Gasteiger partial charge in [-0.1, -0.05) is 6.08 Å². The Hall–Kier alpha value is -3.17. The zero-order chi connectivity index (χ0) is 19.2. The fourth-order valence-corrected chi connectivity index (χ4v) is 2.56. The van der Waals surface area contributed by atoms with E-state index in [1.165, 1.54) is 6.08 Å². The van der Waals surface area contributed by atoms with Gasteiger partial charge in [0.25, 0.3) is 0 Å². The monoisotopic (exact) mass is 369 g/mol. The van der Waals surface area contributed by atoms with Gasteiger partial charge in [0, 0.05) is 31.3 Å². The zero-order valence-electron chi connectivity index (χ0n) is 13.3. The Balaban J connectivity index is 2.29. The molecule has 0 amide bonds. The average Bonchev–Trinajstić information content (AvgIpc) is 2.83. The Kier molecular flexibility index (Phi) is 4.05. The third-order valence-corrected chi connectivity index (χ3v) is 3.71. The molecule has 2 heterocycles. The Morgan fingerprint density at radius 3 is 2.58 bits per heavy atom. The maximum absolute atomic E-state index is 14.4. The number of aromatic nitrogens is 3. The predicted octanol–water partition coefficient (Wildman–Crippen LogP) is 2.70. The van der Waals surface area contributed by atoms with Crippen molar-refractivity contribution in [2.45, 2.75) is 12.7 Å². The molecule has 2 aromatic heterocycles. The third kappa shape index (κ3) is 2.83. The van der Waals surface area contributed by atoms with Crippen LogP contribution in [0.25, 0.3) is 22.4 Å². The third-order valence-electron chi connectivity index (χ3n) is 3.71. The number of nitrogens with zero attached hydrogens (tertiary/aromatic N) is 3. The van der Waals surface area contributed by atoms with Crippen molar-refractivity contribution in [3.63, 3.8) is 0 Å². The lowest BCUT2D eigenvalue weighted by Crippen LogP contribution is -2.22. The van der Waals surface area contributed by atoms with E-state index in [2.05, 4.69) is 11.7 Å².